The van der Waals surface area contributed by atoms with Crippen LogP contribution >= 0.6 is 0 Å². The van der Waals surface area contributed by atoms with Crippen LogP contribution < -0.4 is 0 Å². The zero-order valence-electron chi connectivity index (χ0n) is 9.54. The Morgan fingerprint density at radius 3 is 2.07 bits per heavy atom. The molecule has 2 aliphatic carbocycles. The molecular formula is C14H21N. The van der Waals surface area contributed by atoms with Gasteiger partial charge in [0, 0.05) is 6.04 Å². The molecule has 1 nitrogen and oxygen atoms in total. The number of piperidine rings is 1. The second-order valence-corrected chi connectivity index (χ2v) is 5.25. The molecular weight excluding hydrogens is 182 g/mol. The molecule has 0 spiro atoms. The molecule has 0 aromatic heterocycles. The van der Waals surface area contributed by atoms with Crippen LogP contribution in [0.2, 0.25) is 0 Å². The predicted octanol–water partition coefficient (Wildman–Crippen LogP) is 3.28. The summed E-state index contributed by atoms with van der Waals surface area (Å²) in [6.07, 6.45) is 14.3. The van der Waals surface area contributed by atoms with Crippen LogP contribution in [0.25, 0.3) is 0 Å². The van der Waals surface area contributed by atoms with Gasteiger partial charge in [0.25, 0.3) is 0 Å². The summed E-state index contributed by atoms with van der Waals surface area (Å²) in [6, 6.07) is 0.871. The maximum absolute atomic E-state index is 2.75. The van der Waals surface area contributed by atoms with Gasteiger partial charge in [0.1, 0.15) is 0 Å². The first-order valence-electron chi connectivity index (χ1n) is 6.52. The second-order valence-electron chi connectivity index (χ2n) is 5.25. The largest absolute Gasteiger partial charge is 0.300 e. The summed E-state index contributed by atoms with van der Waals surface area (Å²) in [4.78, 5) is 2.75. The third-order valence-electron chi connectivity index (χ3n) is 4.27. The van der Waals surface area contributed by atoms with Gasteiger partial charge in [-0.1, -0.05) is 29.7 Å². The van der Waals surface area contributed by atoms with Gasteiger partial charge in [-0.15, -0.1) is 0 Å². The van der Waals surface area contributed by atoms with Crippen LogP contribution in [0, 0.1) is 0 Å². The van der Waals surface area contributed by atoms with Crippen molar-refractivity contribution in [2.75, 3.05) is 13.1 Å². The van der Waals surface area contributed by atoms with Gasteiger partial charge < -0.3 is 0 Å². The van der Waals surface area contributed by atoms with Crippen LogP contribution in [0.3, 0.4) is 0 Å². The van der Waals surface area contributed by atoms with E-state index < -0.39 is 0 Å². The maximum atomic E-state index is 2.75. The molecule has 0 amide bonds. The fourth-order valence-electron chi connectivity index (χ4n) is 3.38. The molecule has 0 aromatic carbocycles. The van der Waals surface area contributed by atoms with Crippen molar-refractivity contribution in [1.29, 1.82) is 0 Å². The minimum Gasteiger partial charge on any atom is -0.300 e. The monoisotopic (exact) mass is 203 g/mol. The molecule has 0 aromatic rings. The van der Waals surface area contributed by atoms with Crippen LogP contribution in [-0.2, 0) is 0 Å². The van der Waals surface area contributed by atoms with E-state index in [0.717, 1.165) is 6.04 Å². The molecule has 0 saturated carbocycles. The van der Waals surface area contributed by atoms with Crippen molar-refractivity contribution >= 4 is 0 Å². The molecule has 0 N–H and O–H groups in total. The third kappa shape index (κ3) is 1.90. The first kappa shape index (κ1) is 9.65. The SMILES string of the molecule is C1=CCC2=C(C1)CC(N1CCCCC1)C2. The average molecular weight is 203 g/mol. The fraction of sp³-hybridized carbons (Fsp3) is 0.714. The Balaban J connectivity index is 1.62. The Bertz CT molecular complexity index is 274. The summed E-state index contributed by atoms with van der Waals surface area (Å²) < 4.78 is 0. The zero-order valence-corrected chi connectivity index (χ0v) is 9.54. The van der Waals surface area contributed by atoms with E-state index in [1.54, 1.807) is 11.1 Å². The lowest BCUT2D eigenvalue weighted by molar-refractivity contribution is 0.167. The number of hydrogen-bond acceptors (Lipinski definition) is 1. The molecule has 1 saturated heterocycles. The predicted molar refractivity (Wildman–Crippen MR) is 63.8 cm³/mol. The summed E-state index contributed by atoms with van der Waals surface area (Å²) >= 11 is 0. The number of nitrogens with zero attached hydrogens (tertiary/aromatic N) is 1. The van der Waals surface area contributed by atoms with E-state index >= 15 is 0 Å². The van der Waals surface area contributed by atoms with E-state index in [4.69, 9.17) is 0 Å². The quantitative estimate of drug-likeness (QED) is 0.591. The Kier molecular flexibility index (Phi) is 2.66. The van der Waals surface area contributed by atoms with Gasteiger partial charge in [-0.25, -0.2) is 0 Å². The summed E-state index contributed by atoms with van der Waals surface area (Å²) in [5, 5.41) is 0. The molecule has 82 valence electrons. The van der Waals surface area contributed by atoms with Gasteiger partial charge >= 0.3 is 0 Å². The van der Waals surface area contributed by atoms with Gasteiger partial charge in [-0.05, 0) is 51.6 Å². The van der Waals surface area contributed by atoms with Crippen LogP contribution in [0.15, 0.2) is 23.3 Å². The highest BCUT2D eigenvalue weighted by Gasteiger charge is 2.29. The van der Waals surface area contributed by atoms with Crippen molar-refractivity contribution in [2.24, 2.45) is 0 Å². The smallest absolute Gasteiger partial charge is 0.0170 e. The van der Waals surface area contributed by atoms with Crippen LogP contribution in [0.4, 0.5) is 0 Å². The van der Waals surface area contributed by atoms with E-state index in [-0.39, 0.29) is 0 Å². The lowest BCUT2D eigenvalue weighted by atomic mass is 10.0. The minimum atomic E-state index is 0.871. The number of allylic oxidation sites excluding steroid dienone is 2. The first-order valence-corrected chi connectivity index (χ1v) is 6.52. The zero-order chi connectivity index (χ0) is 10.1. The Morgan fingerprint density at radius 2 is 1.47 bits per heavy atom. The second kappa shape index (κ2) is 4.13. The van der Waals surface area contributed by atoms with Gasteiger partial charge in [-0.2, -0.15) is 0 Å². The molecule has 0 atom stereocenters. The van der Waals surface area contributed by atoms with Crippen molar-refractivity contribution in [3.8, 4) is 0 Å². The number of rotatable bonds is 1. The third-order valence-corrected chi connectivity index (χ3v) is 4.27. The molecule has 0 bridgehead atoms. The van der Waals surface area contributed by atoms with E-state index in [1.165, 1.54) is 58.0 Å². The highest BCUT2D eigenvalue weighted by atomic mass is 15.2. The number of likely N-dealkylation sites (tertiary alicyclic amines) is 1. The fourth-order valence-corrected chi connectivity index (χ4v) is 3.38. The maximum Gasteiger partial charge on any atom is 0.0170 e. The molecule has 3 aliphatic rings. The van der Waals surface area contributed by atoms with Crippen molar-refractivity contribution in [3.05, 3.63) is 23.3 Å². The molecule has 1 heterocycles. The molecule has 1 aliphatic heterocycles. The Labute approximate surface area is 92.8 Å². The Hall–Kier alpha value is -0.560. The summed E-state index contributed by atoms with van der Waals surface area (Å²) in [7, 11) is 0. The standard InChI is InChI=1S/C14H21N/c1-4-8-15(9-5-1)14-10-12-6-2-3-7-13(12)11-14/h2-3,14H,1,4-11H2. The molecule has 1 fully saturated rings. The molecule has 0 radical (unpaired) electrons. The van der Waals surface area contributed by atoms with Gasteiger partial charge in [0.2, 0.25) is 0 Å². The Morgan fingerprint density at radius 1 is 0.867 bits per heavy atom. The first-order chi connectivity index (χ1) is 7.43. The highest BCUT2D eigenvalue weighted by Crippen LogP contribution is 2.37. The molecule has 3 rings (SSSR count). The van der Waals surface area contributed by atoms with Crippen LogP contribution in [0.5, 0.6) is 0 Å². The molecule has 0 unspecified atom stereocenters. The van der Waals surface area contributed by atoms with E-state index in [2.05, 4.69) is 17.1 Å². The van der Waals surface area contributed by atoms with Gasteiger partial charge in [0.15, 0.2) is 0 Å². The summed E-state index contributed by atoms with van der Waals surface area (Å²) in [5.74, 6) is 0. The van der Waals surface area contributed by atoms with Crippen molar-refractivity contribution < 1.29 is 0 Å². The number of hydrogen-bond donors (Lipinski definition) is 0. The minimum absolute atomic E-state index is 0.871. The highest BCUT2D eigenvalue weighted by molar-refractivity contribution is 5.30. The van der Waals surface area contributed by atoms with Crippen molar-refractivity contribution in [1.82, 2.24) is 4.90 Å². The molecule has 15 heavy (non-hydrogen) atoms. The lowest BCUT2D eigenvalue weighted by Crippen LogP contribution is -2.38. The van der Waals surface area contributed by atoms with Crippen LogP contribution in [-0.4, -0.2) is 24.0 Å². The normalized spacial score (nSPS) is 28.5. The summed E-state index contributed by atoms with van der Waals surface area (Å²) in [5.41, 5.74) is 3.54. The lowest BCUT2D eigenvalue weighted by Gasteiger charge is -2.32. The van der Waals surface area contributed by atoms with Gasteiger partial charge in [0.05, 0.1) is 0 Å². The van der Waals surface area contributed by atoms with E-state index in [0.29, 0.717) is 0 Å². The van der Waals surface area contributed by atoms with E-state index in [9.17, 15) is 0 Å². The van der Waals surface area contributed by atoms with E-state index in [1.807, 2.05) is 0 Å². The van der Waals surface area contributed by atoms with Crippen molar-refractivity contribution in [2.45, 2.75) is 51.0 Å². The van der Waals surface area contributed by atoms with Crippen LogP contribution in [0.1, 0.15) is 44.9 Å². The topological polar surface area (TPSA) is 3.24 Å². The average Bonchev–Trinajstić information content (AvgIpc) is 2.74. The van der Waals surface area contributed by atoms with Gasteiger partial charge in [-0.3, -0.25) is 4.90 Å². The van der Waals surface area contributed by atoms with Crippen molar-refractivity contribution in [3.63, 3.8) is 0 Å². The molecule has 1 heteroatoms. The summed E-state index contributed by atoms with van der Waals surface area (Å²) in [6.45, 7) is 2.72.